The molecule has 2 rings (SSSR count). The van der Waals surface area contributed by atoms with E-state index in [4.69, 9.17) is 10.5 Å². The SMILES string of the molecule is CCCC1CCCCN1c1cccc(OC)c1[C@H](C)N. The average molecular weight is 276 g/mol. The summed E-state index contributed by atoms with van der Waals surface area (Å²) in [6.45, 7) is 5.45. The van der Waals surface area contributed by atoms with Crippen LogP contribution in [0.1, 0.15) is 57.6 Å². The van der Waals surface area contributed by atoms with Gasteiger partial charge in [-0.05, 0) is 44.7 Å². The Balaban J connectivity index is 2.39. The molecule has 112 valence electrons. The van der Waals surface area contributed by atoms with Crippen molar-refractivity contribution in [1.82, 2.24) is 0 Å². The van der Waals surface area contributed by atoms with Gasteiger partial charge in [0.1, 0.15) is 5.75 Å². The molecule has 1 saturated heterocycles. The number of anilines is 1. The molecule has 0 bridgehead atoms. The van der Waals surface area contributed by atoms with Gasteiger partial charge in [0.05, 0.1) is 7.11 Å². The fraction of sp³-hybridized carbons (Fsp3) is 0.647. The topological polar surface area (TPSA) is 38.5 Å². The van der Waals surface area contributed by atoms with Crippen LogP contribution in [-0.4, -0.2) is 19.7 Å². The van der Waals surface area contributed by atoms with Gasteiger partial charge in [-0.3, -0.25) is 0 Å². The molecule has 20 heavy (non-hydrogen) atoms. The summed E-state index contributed by atoms with van der Waals surface area (Å²) in [5.41, 5.74) is 8.64. The van der Waals surface area contributed by atoms with E-state index < -0.39 is 0 Å². The lowest BCUT2D eigenvalue weighted by Gasteiger charge is -2.39. The lowest BCUT2D eigenvalue weighted by Crippen LogP contribution is -2.40. The highest BCUT2D eigenvalue weighted by Crippen LogP contribution is 2.37. The van der Waals surface area contributed by atoms with Gasteiger partial charge < -0.3 is 15.4 Å². The normalized spacial score (nSPS) is 20.8. The minimum absolute atomic E-state index is 0.00893. The van der Waals surface area contributed by atoms with Gasteiger partial charge in [-0.25, -0.2) is 0 Å². The highest BCUT2D eigenvalue weighted by Gasteiger charge is 2.25. The summed E-state index contributed by atoms with van der Waals surface area (Å²) >= 11 is 0. The van der Waals surface area contributed by atoms with E-state index in [1.54, 1.807) is 7.11 Å². The largest absolute Gasteiger partial charge is 0.496 e. The van der Waals surface area contributed by atoms with E-state index in [0.29, 0.717) is 6.04 Å². The van der Waals surface area contributed by atoms with Gasteiger partial charge >= 0.3 is 0 Å². The molecule has 1 fully saturated rings. The van der Waals surface area contributed by atoms with Crippen molar-refractivity contribution in [1.29, 1.82) is 0 Å². The van der Waals surface area contributed by atoms with Crippen molar-refractivity contribution < 1.29 is 4.74 Å². The minimum atomic E-state index is -0.00893. The zero-order valence-corrected chi connectivity index (χ0v) is 13.1. The first-order valence-electron chi connectivity index (χ1n) is 7.88. The zero-order valence-electron chi connectivity index (χ0n) is 13.1. The Morgan fingerprint density at radius 1 is 1.40 bits per heavy atom. The van der Waals surface area contributed by atoms with Crippen LogP contribution in [0.4, 0.5) is 5.69 Å². The number of nitrogens with two attached hydrogens (primary N) is 1. The Kier molecular flexibility index (Phi) is 5.30. The van der Waals surface area contributed by atoms with Crippen molar-refractivity contribution in [2.24, 2.45) is 5.73 Å². The van der Waals surface area contributed by atoms with Gasteiger partial charge in [0.15, 0.2) is 0 Å². The predicted molar refractivity (Wildman–Crippen MR) is 85.5 cm³/mol. The maximum Gasteiger partial charge on any atom is 0.125 e. The lowest BCUT2D eigenvalue weighted by atomic mass is 9.95. The number of piperidine rings is 1. The van der Waals surface area contributed by atoms with Gasteiger partial charge in [-0.1, -0.05) is 19.4 Å². The highest BCUT2D eigenvalue weighted by atomic mass is 16.5. The summed E-state index contributed by atoms with van der Waals surface area (Å²) in [4.78, 5) is 2.56. The standard InChI is InChI=1S/C17H28N2O/c1-4-8-14-9-5-6-12-19(14)15-10-7-11-16(20-3)17(15)13(2)18/h7,10-11,13-14H,4-6,8-9,12,18H2,1-3H3/t13-,14?/m0/s1. The zero-order chi connectivity index (χ0) is 14.5. The minimum Gasteiger partial charge on any atom is -0.496 e. The molecule has 1 aromatic rings. The molecule has 0 spiro atoms. The number of hydrogen-bond acceptors (Lipinski definition) is 3. The van der Waals surface area contributed by atoms with Crippen molar-refractivity contribution >= 4 is 5.69 Å². The predicted octanol–water partition coefficient (Wildman–Crippen LogP) is 3.87. The summed E-state index contributed by atoms with van der Waals surface area (Å²) in [5.74, 6) is 0.915. The number of nitrogens with zero attached hydrogens (tertiary/aromatic N) is 1. The van der Waals surface area contributed by atoms with Gasteiger partial charge in [-0.2, -0.15) is 0 Å². The molecular weight excluding hydrogens is 248 g/mol. The third kappa shape index (κ3) is 3.09. The number of ether oxygens (including phenoxy) is 1. The molecule has 0 amide bonds. The number of rotatable bonds is 5. The summed E-state index contributed by atoms with van der Waals surface area (Å²) in [7, 11) is 1.73. The van der Waals surface area contributed by atoms with Crippen LogP contribution in [-0.2, 0) is 0 Å². The first-order valence-corrected chi connectivity index (χ1v) is 7.88. The fourth-order valence-electron chi connectivity index (χ4n) is 3.37. The molecular formula is C17H28N2O. The summed E-state index contributed by atoms with van der Waals surface area (Å²) in [6, 6.07) is 6.94. The second kappa shape index (κ2) is 6.98. The second-order valence-electron chi connectivity index (χ2n) is 5.81. The summed E-state index contributed by atoms with van der Waals surface area (Å²) < 4.78 is 5.53. The van der Waals surface area contributed by atoms with Crippen LogP contribution in [0.5, 0.6) is 5.75 Å². The highest BCUT2D eigenvalue weighted by molar-refractivity contribution is 5.61. The maximum atomic E-state index is 6.21. The van der Waals surface area contributed by atoms with Crippen molar-refractivity contribution in [2.45, 2.75) is 58.0 Å². The number of methoxy groups -OCH3 is 1. The first kappa shape index (κ1) is 15.2. The van der Waals surface area contributed by atoms with Crippen molar-refractivity contribution in [3.05, 3.63) is 23.8 Å². The smallest absolute Gasteiger partial charge is 0.125 e. The lowest BCUT2D eigenvalue weighted by molar-refractivity contribution is 0.403. The molecule has 1 unspecified atom stereocenters. The Hall–Kier alpha value is -1.22. The quantitative estimate of drug-likeness (QED) is 0.887. The molecule has 3 nitrogen and oxygen atoms in total. The van der Waals surface area contributed by atoms with Gasteiger partial charge in [0, 0.05) is 29.9 Å². The van der Waals surface area contributed by atoms with Crippen LogP contribution < -0.4 is 15.4 Å². The van der Waals surface area contributed by atoms with Crippen LogP contribution >= 0.6 is 0 Å². The van der Waals surface area contributed by atoms with E-state index >= 15 is 0 Å². The van der Waals surface area contributed by atoms with Gasteiger partial charge in [0.2, 0.25) is 0 Å². The van der Waals surface area contributed by atoms with Crippen LogP contribution in [0.3, 0.4) is 0 Å². The van der Waals surface area contributed by atoms with E-state index in [1.807, 2.05) is 13.0 Å². The molecule has 0 radical (unpaired) electrons. The van der Waals surface area contributed by atoms with E-state index in [0.717, 1.165) is 17.9 Å². The summed E-state index contributed by atoms with van der Waals surface area (Å²) in [6.07, 6.45) is 6.41. The van der Waals surface area contributed by atoms with Crippen LogP contribution in [0.25, 0.3) is 0 Å². The second-order valence-corrected chi connectivity index (χ2v) is 5.81. The van der Waals surface area contributed by atoms with Crippen molar-refractivity contribution in [3.8, 4) is 5.75 Å². The van der Waals surface area contributed by atoms with Crippen LogP contribution in [0.2, 0.25) is 0 Å². The Bertz CT molecular complexity index is 429. The van der Waals surface area contributed by atoms with E-state index in [1.165, 1.54) is 37.8 Å². The van der Waals surface area contributed by atoms with E-state index in [-0.39, 0.29) is 6.04 Å². The van der Waals surface area contributed by atoms with E-state index in [2.05, 4.69) is 24.0 Å². The summed E-state index contributed by atoms with van der Waals surface area (Å²) in [5, 5.41) is 0. The molecule has 2 atom stereocenters. The van der Waals surface area contributed by atoms with Crippen LogP contribution in [0.15, 0.2) is 18.2 Å². The molecule has 3 heteroatoms. The third-order valence-corrected chi connectivity index (χ3v) is 4.28. The molecule has 0 saturated carbocycles. The Labute approximate surface area is 123 Å². The fourth-order valence-corrected chi connectivity index (χ4v) is 3.37. The molecule has 0 aromatic heterocycles. The maximum absolute atomic E-state index is 6.21. The van der Waals surface area contributed by atoms with Gasteiger partial charge in [0.25, 0.3) is 0 Å². The van der Waals surface area contributed by atoms with Crippen LogP contribution in [0, 0.1) is 0 Å². The molecule has 1 heterocycles. The van der Waals surface area contributed by atoms with Crippen molar-refractivity contribution in [2.75, 3.05) is 18.6 Å². The first-order chi connectivity index (χ1) is 9.69. The van der Waals surface area contributed by atoms with Gasteiger partial charge in [-0.15, -0.1) is 0 Å². The number of benzene rings is 1. The molecule has 1 aliphatic heterocycles. The third-order valence-electron chi connectivity index (χ3n) is 4.28. The average Bonchev–Trinajstić information content (AvgIpc) is 2.47. The monoisotopic (exact) mass is 276 g/mol. The Morgan fingerprint density at radius 3 is 2.85 bits per heavy atom. The molecule has 1 aliphatic rings. The molecule has 1 aromatic carbocycles. The van der Waals surface area contributed by atoms with Crippen molar-refractivity contribution in [3.63, 3.8) is 0 Å². The molecule has 0 aliphatic carbocycles. The Morgan fingerprint density at radius 2 is 2.20 bits per heavy atom. The molecule has 2 N–H and O–H groups in total. The number of hydrogen-bond donors (Lipinski definition) is 1. The van der Waals surface area contributed by atoms with E-state index in [9.17, 15) is 0 Å².